The molecule has 0 bridgehead atoms. The van der Waals surface area contributed by atoms with Crippen molar-refractivity contribution < 1.29 is 18.4 Å². The van der Waals surface area contributed by atoms with E-state index >= 15 is 0 Å². The molecule has 6 nitrogen and oxygen atoms in total. The summed E-state index contributed by atoms with van der Waals surface area (Å²) in [4.78, 5) is 10.7. The predicted octanol–water partition coefficient (Wildman–Crippen LogP) is 4.35. The first-order valence-electron chi connectivity index (χ1n) is 8.45. The Morgan fingerprint density at radius 3 is 2.44 bits per heavy atom. The third-order valence-corrected chi connectivity index (χ3v) is 5.76. The van der Waals surface area contributed by atoms with Crippen molar-refractivity contribution in [1.82, 2.24) is 0 Å². The molecule has 0 radical (unpaired) electrons. The Kier molecular flexibility index (Phi) is 5.14. The molecule has 0 atom stereocenters. The molecule has 0 saturated heterocycles. The number of nitro benzene ring substituents is 1. The van der Waals surface area contributed by atoms with Gasteiger partial charge in [0.05, 0.1) is 9.82 Å². The molecule has 2 aromatic rings. The van der Waals surface area contributed by atoms with E-state index in [-0.39, 0.29) is 16.3 Å². The summed E-state index contributed by atoms with van der Waals surface area (Å²) in [5.41, 5.74) is 2.34. The van der Waals surface area contributed by atoms with Crippen LogP contribution in [0.3, 0.4) is 0 Å². The molecule has 0 aromatic heterocycles. The number of allylic oxidation sites excluding steroid dienone is 3. The molecule has 1 aliphatic carbocycles. The highest BCUT2D eigenvalue weighted by Gasteiger charge is 2.22. The molecule has 0 amide bonds. The summed E-state index contributed by atoms with van der Waals surface area (Å²) in [5.74, 6) is -0.377. The number of rotatable bonds is 5. The molecule has 27 heavy (non-hydrogen) atoms. The zero-order valence-electron chi connectivity index (χ0n) is 14.8. The maximum atomic E-state index is 12.0. The summed E-state index contributed by atoms with van der Waals surface area (Å²) in [6, 6.07) is 11.1. The number of phenolic OH excluding ortho intramolecular Hbond substituents is 1. The predicted molar refractivity (Wildman–Crippen MR) is 104 cm³/mol. The van der Waals surface area contributed by atoms with Crippen LogP contribution in [0, 0.1) is 10.1 Å². The highest BCUT2D eigenvalue weighted by atomic mass is 32.2. The van der Waals surface area contributed by atoms with Gasteiger partial charge in [-0.2, -0.15) is 0 Å². The van der Waals surface area contributed by atoms with Crippen LogP contribution in [-0.4, -0.2) is 24.7 Å². The van der Waals surface area contributed by atoms with Gasteiger partial charge in [0.25, 0.3) is 0 Å². The Balaban J connectivity index is 2.10. The highest BCUT2D eigenvalue weighted by Crippen LogP contribution is 2.41. The van der Waals surface area contributed by atoms with Crippen molar-refractivity contribution in [2.24, 2.45) is 0 Å². The van der Waals surface area contributed by atoms with Crippen LogP contribution in [0.2, 0.25) is 0 Å². The van der Waals surface area contributed by atoms with Crippen LogP contribution in [0.25, 0.3) is 11.6 Å². The van der Waals surface area contributed by atoms with Gasteiger partial charge >= 0.3 is 5.69 Å². The van der Waals surface area contributed by atoms with Crippen molar-refractivity contribution >= 4 is 27.2 Å². The minimum atomic E-state index is -3.39. The lowest BCUT2D eigenvalue weighted by Gasteiger charge is -2.21. The van der Waals surface area contributed by atoms with E-state index in [4.69, 9.17) is 0 Å². The summed E-state index contributed by atoms with van der Waals surface area (Å²) >= 11 is 0. The first kappa shape index (κ1) is 18.8. The van der Waals surface area contributed by atoms with E-state index < -0.39 is 14.8 Å². The lowest BCUT2D eigenvalue weighted by molar-refractivity contribution is -0.385. The van der Waals surface area contributed by atoms with Crippen molar-refractivity contribution in [3.63, 3.8) is 0 Å². The minimum Gasteiger partial charge on any atom is -0.502 e. The summed E-state index contributed by atoms with van der Waals surface area (Å²) < 4.78 is 24.0. The van der Waals surface area contributed by atoms with Crippen LogP contribution in [0.15, 0.2) is 59.0 Å². The second-order valence-electron chi connectivity index (χ2n) is 6.44. The SMILES string of the molecule is CS(=O)(=O)c1ccccc1/C=C/C(=C1CCC1)c1cccc([N+](=O)[O-])c1O. The molecule has 0 unspecified atom stereocenters. The largest absolute Gasteiger partial charge is 0.502 e. The fourth-order valence-electron chi connectivity index (χ4n) is 3.05. The zero-order chi connectivity index (χ0) is 19.6. The van der Waals surface area contributed by atoms with Crippen LogP contribution >= 0.6 is 0 Å². The number of phenols is 1. The van der Waals surface area contributed by atoms with Gasteiger partial charge in [-0.25, -0.2) is 8.42 Å². The highest BCUT2D eigenvalue weighted by molar-refractivity contribution is 7.90. The van der Waals surface area contributed by atoms with Crippen molar-refractivity contribution in [3.05, 3.63) is 75.4 Å². The molecule has 1 saturated carbocycles. The number of para-hydroxylation sites is 1. The van der Waals surface area contributed by atoms with Gasteiger partial charge in [0.1, 0.15) is 0 Å². The van der Waals surface area contributed by atoms with Crippen molar-refractivity contribution in [3.8, 4) is 5.75 Å². The number of hydrogen-bond donors (Lipinski definition) is 1. The maximum absolute atomic E-state index is 12.0. The van der Waals surface area contributed by atoms with Crippen LogP contribution in [0.4, 0.5) is 5.69 Å². The monoisotopic (exact) mass is 385 g/mol. The van der Waals surface area contributed by atoms with Crippen LogP contribution in [0.5, 0.6) is 5.75 Å². The Bertz CT molecular complexity index is 1060. The number of aromatic hydroxyl groups is 1. The zero-order valence-corrected chi connectivity index (χ0v) is 15.6. The Labute approximate surface area is 157 Å². The average Bonchev–Trinajstić information content (AvgIpc) is 2.56. The van der Waals surface area contributed by atoms with E-state index in [0.717, 1.165) is 31.1 Å². The van der Waals surface area contributed by atoms with Gasteiger partial charge in [0.15, 0.2) is 9.84 Å². The van der Waals surface area contributed by atoms with E-state index in [1.54, 1.807) is 36.4 Å². The van der Waals surface area contributed by atoms with Gasteiger partial charge < -0.3 is 5.11 Å². The van der Waals surface area contributed by atoms with Gasteiger partial charge in [0.2, 0.25) is 5.75 Å². The first-order chi connectivity index (χ1) is 12.8. The summed E-state index contributed by atoms with van der Waals surface area (Å²) in [5, 5.41) is 21.5. The smallest absolute Gasteiger partial charge is 0.311 e. The van der Waals surface area contributed by atoms with Crippen LogP contribution in [0.1, 0.15) is 30.4 Å². The maximum Gasteiger partial charge on any atom is 0.311 e. The molecule has 1 aliphatic rings. The third kappa shape index (κ3) is 3.93. The molecule has 2 aromatic carbocycles. The number of nitro groups is 1. The number of hydrogen-bond acceptors (Lipinski definition) is 5. The Morgan fingerprint density at radius 2 is 1.85 bits per heavy atom. The molecule has 1 fully saturated rings. The fourth-order valence-corrected chi connectivity index (χ4v) is 3.94. The lowest BCUT2D eigenvalue weighted by atomic mass is 9.84. The number of nitrogens with zero attached hydrogens (tertiary/aromatic N) is 1. The first-order valence-corrected chi connectivity index (χ1v) is 10.3. The lowest BCUT2D eigenvalue weighted by Crippen LogP contribution is -2.02. The van der Waals surface area contributed by atoms with Crippen molar-refractivity contribution in [2.45, 2.75) is 24.2 Å². The van der Waals surface area contributed by atoms with Gasteiger partial charge in [-0.3, -0.25) is 10.1 Å². The average molecular weight is 385 g/mol. The molecule has 1 N–H and O–H groups in total. The van der Waals surface area contributed by atoms with Gasteiger partial charge in [-0.15, -0.1) is 0 Å². The van der Waals surface area contributed by atoms with E-state index in [0.29, 0.717) is 16.7 Å². The van der Waals surface area contributed by atoms with Gasteiger partial charge in [-0.05, 0) is 36.5 Å². The molecule has 7 heteroatoms. The molecule has 140 valence electrons. The topological polar surface area (TPSA) is 97.5 Å². The van der Waals surface area contributed by atoms with E-state index in [2.05, 4.69) is 0 Å². The van der Waals surface area contributed by atoms with Crippen molar-refractivity contribution in [2.75, 3.05) is 6.26 Å². The quantitative estimate of drug-likeness (QED) is 0.609. The minimum absolute atomic E-state index is 0.211. The Hall–Kier alpha value is -2.93. The van der Waals surface area contributed by atoms with Crippen LogP contribution in [-0.2, 0) is 9.84 Å². The number of benzene rings is 2. The van der Waals surface area contributed by atoms with Gasteiger partial charge in [-0.1, -0.05) is 48.1 Å². The van der Waals surface area contributed by atoms with E-state index in [1.165, 1.54) is 18.2 Å². The summed E-state index contributed by atoms with van der Waals surface area (Å²) in [6.07, 6.45) is 7.26. The van der Waals surface area contributed by atoms with Crippen LogP contribution < -0.4 is 0 Å². The fraction of sp³-hybridized carbons (Fsp3) is 0.200. The molecule has 0 spiro atoms. The summed E-state index contributed by atoms with van der Waals surface area (Å²) in [6.45, 7) is 0. The second-order valence-corrected chi connectivity index (χ2v) is 8.43. The van der Waals surface area contributed by atoms with E-state index in [9.17, 15) is 23.6 Å². The van der Waals surface area contributed by atoms with E-state index in [1.807, 2.05) is 0 Å². The van der Waals surface area contributed by atoms with Gasteiger partial charge in [0, 0.05) is 17.9 Å². The third-order valence-electron chi connectivity index (χ3n) is 4.59. The Morgan fingerprint density at radius 1 is 1.15 bits per heavy atom. The standard InChI is InChI=1S/C20H19NO5S/c1-27(25,26)19-11-3-2-6-15(19)12-13-16(14-7-4-8-14)17-9-5-10-18(20(17)22)21(23)24/h2-3,5-6,9-13,22H,4,7-8H2,1H3/b13-12+. The number of sulfone groups is 1. The molecule has 0 aliphatic heterocycles. The molecule has 3 rings (SSSR count). The normalized spacial score (nSPS) is 14.2. The molecular formula is C20H19NO5S. The second kappa shape index (κ2) is 7.36. The van der Waals surface area contributed by atoms with Crippen molar-refractivity contribution in [1.29, 1.82) is 0 Å². The molecular weight excluding hydrogens is 366 g/mol. The summed E-state index contributed by atoms with van der Waals surface area (Å²) in [7, 11) is -3.39. The molecule has 0 heterocycles.